The highest BCUT2D eigenvalue weighted by molar-refractivity contribution is 7.09. The average molecular weight is 251 g/mol. The maximum atomic E-state index is 12.0. The fourth-order valence-corrected chi connectivity index (χ4v) is 2.20. The summed E-state index contributed by atoms with van der Waals surface area (Å²) in [6, 6.07) is 2.04. The van der Waals surface area contributed by atoms with E-state index in [1.165, 1.54) is 11.3 Å². The van der Waals surface area contributed by atoms with E-state index in [0.29, 0.717) is 0 Å². The highest BCUT2D eigenvalue weighted by Crippen LogP contribution is 2.23. The number of carbonyl (C=O) groups excluding carboxylic acids is 1. The second-order valence-corrected chi connectivity index (χ2v) is 5.70. The van der Waals surface area contributed by atoms with Gasteiger partial charge in [0.2, 0.25) is 5.91 Å². The van der Waals surface area contributed by atoms with Gasteiger partial charge in [0.05, 0.1) is 11.6 Å². The van der Waals surface area contributed by atoms with E-state index >= 15 is 0 Å². The lowest BCUT2D eigenvalue weighted by molar-refractivity contribution is -0.126. The molecule has 0 aliphatic carbocycles. The molecule has 0 radical (unpaired) electrons. The summed E-state index contributed by atoms with van der Waals surface area (Å²) >= 11 is 1.49. The topological polar surface area (TPSA) is 65.8 Å². The van der Waals surface area contributed by atoms with Gasteiger partial charge in [-0.1, -0.05) is 13.8 Å². The largest absolute Gasteiger partial charge is 0.344 e. The van der Waals surface area contributed by atoms with Crippen molar-refractivity contribution in [2.45, 2.75) is 33.2 Å². The Morgan fingerprint density at radius 2 is 2.24 bits per heavy atom. The SMILES string of the molecule is CC(C)C(C#N)C(=O)NC(C)(C)c1nccs1. The molecule has 1 atom stereocenters. The van der Waals surface area contributed by atoms with Crippen LogP contribution in [0.15, 0.2) is 11.6 Å². The number of thiazole rings is 1. The highest BCUT2D eigenvalue weighted by Gasteiger charge is 2.30. The molecule has 5 heteroatoms. The van der Waals surface area contributed by atoms with Crippen molar-refractivity contribution in [3.8, 4) is 6.07 Å². The summed E-state index contributed by atoms with van der Waals surface area (Å²) in [6.07, 6.45) is 1.71. The molecule has 0 saturated carbocycles. The number of amides is 1. The van der Waals surface area contributed by atoms with Gasteiger partial charge in [0.15, 0.2) is 0 Å². The molecule has 1 aromatic heterocycles. The molecule has 17 heavy (non-hydrogen) atoms. The van der Waals surface area contributed by atoms with Crippen LogP contribution in [0.5, 0.6) is 0 Å². The van der Waals surface area contributed by atoms with Crippen LogP contribution >= 0.6 is 11.3 Å². The maximum Gasteiger partial charge on any atom is 0.238 e. The Hall–Kier alpha value is -1.41. The zero-order valence-electron chi connectivity index (χ0n) is 10.5. The highest BCUT2D eigenvalue weighted by atomic mass is 32.1. The van der Waals surface area contributed by atoms with Crippen LogP contribution in [-0.4, -0.2) is 10.9 Å². The average Bonchev–Trinajstić information content (AvgIpc) is 2.69. The summed E-state index contributed by atoms with van der Waals surface area (Å²) in [5.74, 6) is -0.843. The fraction of sp³-hybridized carbons (Fsp3) is 0.583. The molecule has 0 aliphatic rings. The van der Waals surface area contributed by atoms with Crippen LogP contribution in [0.3, 0.4) is 0 Å². The minimum Gasteiger partial charge on any atom is -0.344 e. The van der Waals surface area contributed by atoms with E-state index in [2.05, 4.69) is 10.3 Å². The van der Waals surface area contributed by atoms with Gasteiger partial charge in [-0.15, -0.1) is 11.3 Å². The molecular weight excluding hydrogens is 234 g/mol. The zero-order valence-corrected chi connectivity index (χ0v) is 11.3. The van der Waals surface area contributed by atoms with Gasteiger partial charge in [0, 0.05) is 11.6 Å². The normalized spacial score (nSPS) is 13.2. The number of rotatable bonds is 4. The molecule has 4 nitrogen and oxygen atoms in total. The summed E-state index contributed by atoms with van der Waals surface area (Å²) in [5, 5.41) is 14.6. The molecule has 0 spiro atoms. The minimum atomic E-state index is -0.616. The first kappa shape index (κ1) is 13.7. The van der Waals surface area contributed by atoms with Crippen molar-refractivity contribution in [1.82, 2.24) is 10.3 Å². The second-order valence-electron chi connectivity index (χ2n) is 4.80. The van der Waals surface area contributed by atoms with E-state index in [9.17, 15) is 4.79 Å². The van der Waals surface area contributed by atoms with Crippen molar-refractivity contribution in [3.05, 3.63) is 16.6 Å². The van der Waals surface area contributed by atoms with Crippen LogP contribution in [0.1, 0.15) is 32.7 Å². The van der Waals surface area contributed by atoms with E-state index in [1.54, 1.807) is 6.20 Å². The first-order valence-corrected chi connectivity index (χ1v) is 6.38. The Balaban J connectivity index is 2.78. The Morgan fingerprint density at radius 3 is 2.65 bits per heavy atom. The molecule has 0 saturated heterocycles. The van der Waals surface area contributed by atoms with Crippen molar-refractivity contribution in [2.24, 2.45) is 11.8 Å². The minimum absolute atomic E-state index is 0.00657. The molecule has 1 heterocycles. The number of carbonyl (C=O) groups is 1. The van der Waals surface area contributed by atoms with Crippen molar-refractivity contribution in [3.63, 3.8) is 0 Å². The standard InChI is InChI=1S/C12H17N3OS/c1-8(2)9(7-13)10(16)15-12(3,4)11-14-5-6-17-11/h5-6,8-9H,1-4H3,(H,15,16). The van der Waals surface area contributed by atoms with E-state index in [1.807, 2.05) is 39.1 Å². The summed E-state index contributed by atoms with van der Waals surface area (Å²) in [4.78, 5) is 16.2. The van der Waals surface area contributed by atoms with Gasteiger partial charge in [-0.2, -0.15) is 5.26 Å². The predicted octanol–water partition coefficient (Wildman–Crippen LogP) is 2.29. The van der Waals surface area contributed by atoms with Crippen LogP contribution in [0.25, 0.3) is 0 Å². The predicted molar refractivity (Wildman–Crippen MR) is 67.2 cm³/mol. The van der Waals surface area contributed by atoms with Gasteiger partial charge in [0.1, 0.15) is 10.9 Å². The molecule has 1 N–H and O–H groups in total. The molecule has 1 amide bonds. The number of hydrogen-bond donors (Lipinski definition) is 1. The molecule has 0 aliphatic heterocycles. The number of nitrogens with zero attached hydrogens (tertiary/aromatic N) is 2. The third-order valence-electron chi connectivity index (χ3n) is 2.49. The van der Waals surface area contributed by atoms with Gasteiger partial charge in [-0.25, -0.2) is 4.98 Å². The lowest BCUT2D eigenvalue weighted by Crippen LogP contribution is -2.44. The Bertz CT molecular complexity index is 417. The Labute approximate surface area is 106 Å². The van der Waals surface area contributed by atoms with Crippen LogP contribution in [0.4, 0.5) is 0 Å². The lowest BCUT2D eigenvalue weighted by atomic mass is 9.95. The number of nitrogens with one attached hydrogen (secondary N) is 1. The number of nitriles is 1. The third kappa shape index (κ3) is 3.27. The maximum absolute atomic E-state index is 12.0. The fourth-order valence-electron chi connectivity index (χ4n) is 1.48. The summed E-state index contributed by atoms with van der Waals surface area (Å²) < 4.78 is 0. The van der Waals surface area contributed by atoms with Gasteiger partial charge in [0.25, 0.3) is 0 Å². The molecule has 1 aromatic rings. The van der Waals surface area contributed by atoms with Gasteiger partial charge in [-0.3, -0.25) is 4.79 Å². The number of hydrogen-bond acceptors (Lipinski definition) is 4. The molecule has 92 valence electrons. The van der Waals surface area contributed by atoms with Gasteiger partial charge in [-0.05, 0) is 19.8 Å². The summed E-state index contributed by atoms with van der Waals surface area (Å²) in [6.45, 7) is 7.50. The van der Waals surface area contributed by atoms with E-state index in [-0.39, 0.29) is 11.8 Å². The monoisotopic (exact) mass is 251 g/mol. The third-order valence-corrected chi connectivity index (χ3v) is 3.59. The van der Waals surface area contributed by atoms with E-state index in [4.69, 9.17) is 5.26 Å². The van der Waals surface area contributed by atoms with Crippen LogP contribution < -0.4 is 5.32 Å². The van der Waals surface area contributed by atoms with Crippen LogP contribution in [-0.2, 0) is 10.3 Å². The Kier molecular flexibility index (Phi) is 4.24. The van der Waals surface area contributed by atoms with Gasteiger partial charge < -0.3 is 5.32 Å². The van der Waals surface area contributed by atoms with Crippen LogP contribution in [0, 0.1) is 23.2 Å². The summed E-state index contributed by atoms with van der Waals surface area (Å²) in [5.41, 5.74) is -0.533. The van der Waals surface area contributed by atoms with Crippen molar-refractivity contribution in [2.75, 3.05) is 0 Å². The first-order valence-electron chi connectivity index (χ1n) is 5.50. The lowest BCUT2D eigenvalue weighted by Gasteiger charge is -2.26. The first-order chi connectivity index (χ1) is 7.88. The Morgan fingerprint density at radius 1 is 1.59 bits per heavy atom. The van der Waals surface area contributed by atoms with Gasteiger partial charge >= 0.3 is 0 Å². The summed E-state index contributed by atoms with van der Waals surface area (Å²) in [7, 11) is 0. The van der Waals surface area contributed by atoms with E-state index in [0.717, 1.165) is 5.01 Å². The molecule has 0 aromatic carbocycles. The van der Waals surface area contributed by atoms with Crippen LogP contribution in [0.2, 0.25) is 0 Å². The smallest absolute Gasteiger partial charge is 0.238 e. The van der Waals surface area contributed by atoms with E-state index < -0.39 is 11.5 Å². The number of aromatic nitrogens is 1. The molecular formula is C12H17N3OS. The second kappa shape index (κ2) is 5.28. The molecule has 1 rings (SSSR count). The van der Waals surface area contributed by atoms with Crippen molar-refractivity contribution < 1.29 is 4.79 Å². The molecule has 0 bridgehead atoms. The van der Waals surface area contributed by atoms with Crippen molar-refractivity contribution in [1.29, 1.82) is 5.26 Å². The molecule has 0 fully saturated rings. The van der Waals surface area contributed by atoms with Crippen molar-refractivity contribution >= 4 is 17.2 Å². The zero-order chi connectivity index (χ0) is 13.1. The molecule has 1 unspecified atom stereocenters. The quantitative estimate of drug-likeness (QED) is 0.892.